The molecular formula is C19H28N4O5. The van der Waals surface area contributed by atoms with Crippen molar-refractivity contribution in [1.82, 2.24) is 21.3 Å². The van der Waals surface area contributed by atoms with Crippen LogP contribution in [0.5, 0.6) is 0 Å². The van der Waals surface area contributed by atoms with Crippen LogP contribution in [-0.4, -0.2) is 55.1 Å². The summed E-state index contributed by atoms with van der Waals surface area (Å²) in [6, 6.07) is -0.778. The van der Waals surface area contributed by atoms with Gasteiger partial charge in [0, 0.05) is 12.8 Å². The summed E-state index contributed by atoms with van der Waals surface area (Å²) in [5.41, 5.74) is 0. The fourth-order valence-corrected chi connectivity index (χ4v) is 3.20. The van der Waals surface area contributed by atoms with Crippen molar-refractivity contribution in [3.63, 3.8) is 0 Å². The maximum absolute atomic E-state index is 12.4. The van der Waals surface area contributed by atoms with Crippen LogP contribution in [0.2, 0.25) is 0 Å². The lowest BCUT2D eigenvalue weighted by molar-refractivity contribution is -0.131. The van der Waals surface area contributed by atoms with Crippen LogP contribution in [0.3, 0.4) is 0 Å². The summed E-state index contributed by atoms with van der Waals surface area (Å²) in [5, 5.41) is 10.1. The minimum Gasteiger partial charge on any atom is -0.347 e. The number of rotatable bonds is 0. The van der Waals surface area contributed by atoms with Gasteiger partial charge in [0.25, 0.3) is 0 Å². The van der Waals surface area contributed by atoms with E-state index in [0.29, 0.717) is 6.42 Å². The number of allylic oxidation sites excluding steroid dienone is 2. The van der Waals surface area contributed by atoms with E-state index >= 15 is 0 Å². The lowest BCUT2D eigenvalue weighted by atomic mass is 9.96. The summed E-state index contributed by atoms with van der Waals surface area (Å²) in [6.07, 6.45) is 7.81. The number of hydrogen-bond acceptors (Lipinski definition) is 5. The smallest absolute Gasteiger partial charge is 0.243 e. The van der Waals surface area contributed by atoms with Crippen molar-refractivity contribution in [1.29, 1.82) is 0 Å². The zero-order chi connectivity index (χ0) is 20.4. The van der Waals surface area contributed by atoms with Gasteiger partial charge in [-0.2, -0.15) is 0 Å². The van der Waals surface area contributed by atoms with E-state index < -0.39 is 23.8 Å². The average molecular weight is 392 g/mol. The van der Waals surface area contributed by atoms with E-state index in [0.717, 1.165) is 25.7 Å². The molecule has 0 spiro atoms. The molecule has 1 saturated heterocycles. The van der Waals surface area contributed by atoms with Gasteiger partial charge < -0.3 is 21.3 Å². The first-order valence-electron chi connectivity index (χ1n) is 9.73. The Bertz CT molecular complexity index is 646. The summed E-state index contributed by atoms with van der Waals surface area (Å²) in [6.45, 7) is -0.660. The molecule has 2 aliphatic rings. The van der Waals surface area contributed by atoms with E-state index in [1.54, 1.807) is 0 Å². The Morgan fingerprint density at radius 3 is 2.32 bits per heavy atom. The van der Waals surface area contributed by atoms with Crippen molar-refractivity contribution < 1.29 is 24.0 Å². The lowest BCUT2D eigenvalue weighted by Crippen LogP contribution is -2.51. The Kier molecular flexibility index (Phi) is 8.64. The maximum Gasteiger partial charge on any atom is 0.243 e. The van der Waals surface area contributed by atoms with Crippen molar-refractivity contribution in [2.45, 2.75) is 51.0 Å². The number of nitrogens with one attached hydrogen (secondary N) is 4. The van der Waals surface area contributed by atoms with Crippen molar-refractivity contribution in [2.75, 3.05) is 19.6 Å². The molecule has 0 radical (unpaired) electrons. The molecule has 0 aliphatic carbocycles. The predicted molar refractivity (Wildman–Crippen MR) is 101 cm³/mol. The number of amides is 4. The monoisotopic (exact) mass is 392 g/mol. The number of ketones is 1. The van der Waals surface area contributed by atoms with Crippen LogP contribution in [0, 0.1) is 5.92 Å². The molecule has 28 heavy (non-hydrogen) atoms. The van der Waals surface area contributed by atoms with E-state index in [1.165, 1.54) is 0 Å². The summed E-state index contributed by atoms with van der Waals surface area (Å²) in [4.78, 5) is 60.7. The van der Waals surface area contributed by atoms with Crippen molar-refractivity contribution in [2.24, 2.45) is 5.92 Å². The highest BCUT2D eigenvalue weighted by Crippen LogP contribution is 2.14. The molecule has 0 aromatic carbocycles. The standard InChI is InChI=1S/C19H28N4O5/c24-14-8-13-6-4-2-1-3-5-7-15(19(28)22-11-17(26)20-10-14)23-18(27)12-21-16(25)9-13/h4,6,13,15H,1-3,5,7-12H2,(H,20,26)(H,21,25)(H,22,28)(H,23,27)/b6-4+. The SMILES string of the molecule is O=C1CNC(=O)CNC(=O)C2CCCCC/C=C/C(C1)CC(=O)NCC(=O)N2. The predicted octanol–water partition coefficient (Wildman–Crippen LogP) is -0.681. The number of hydrogen-bond donors (Lipinski definition) is 4. The molecule has 0 aromatic rings. The van der Waals surface area contributed by atoms with E-state index in [1.807, 2.05) is 12.2 Å². The second-order valence-electron chi connectivity index (χ2n) is 7.16. The van der Waals surface area contributed by atoms with Crippen molar-refractivity contribution in [3.8, 4) is 0 Å². The lowest BCUT2D eigenvalue weighted by Gasteiger charge is -2.19. The molecule has 2 heterocycles. The third-order valence-electron chi connectivity index (χ3n) is 4.71. The first-order valence-corrected chi connectivity index (χ1v) is 9.73. The topological polar surface area (TPSA) is 133 Å². The molecule has 0 aromatic heterocycles. The fraction of sp³-hybridized carbons (Fsp3) is 0.632. The molecule has 154 valence electrons. The Hall–Kier alpha value is -2.71. The van der Waals surface area contributed by atoms with E-state index in [4.69, 9.17) is 0 Å². The highest BCUT2D eigenvalue weighted by molar-refractivity contribution is 5.93. The Balaban J connectivity index is 2.23. The highest BCUT2D eigenvalue weighted by Gasteiger charge is 2.23. The van der Waals surface area contributed by atoms with E-state index in [9.17, 15) is 24.0 Å². The molecular weight excluding hydrogens is 364 g/mol. The fourth-order valence-electron chi connectivity index (χ4n) is 3.20. The zero-order valence-corrected chi connectivity index (χ0v) is 15.9. The van der Waals surface area contributed by atoms with Gasteiger partial charge in [0.1, 0.15) is 6.04 Å². The quantitative estimate of drug-likeness (QED) is 0.405. The molecule has 2 bridgehead atoms. The number of carbonyl (C=O) groups excluding carboxylic acids is 5. The summed E-state index contributed by atoms with van der Waals surface area (Å²) < 4.78 is 0. The zero-order valence-electron chi connectivity index (χ0n) is 15.9. The third-order valence-corrected chi connectivity index (χ3v) is 4.71. The summed E-state index contributed by atoms with van der Waals surface area (Å²) in [7, 11) is 0. The molecule has 0 saturated carbocycles. The Labute approximate surface area is 164 Å². The second-order valence-corrected chi connectivity index (χ2v) is 7.16. The molecule has 2 aliphatic heterocycles. The van der Waals surface area contributed by atoms with Crippen LogP contribution in [0.4, 0.5) is 0 Å². The van der Waals surface area contributed by atoms with Crippen LogP contribution in [0.15, 0.2) is 12.2 Å². The van der Waals surface area contributed by atoms with Gasteiger partial charge in [-0.15, -0.1) is 0 Å². The van der Waals surface area contributed by atoms with Gasteiger partial charge in [0.2, 0.25) is 23.6 Å². The molecule has 2 unspecified atom stereocenters. The molecule has 1 fully saturated rings. The first kappa shape index (κ1) is 21.6. The molecule has 2 rings (SSSR count). The van der Waals surface area contributed by atoms with Gasteiger partial charge in [-0.3, -0.25) is 24.0 Å². The van der Waals surface area contributed by atoms with Crippen LogP contribution >= 0.6 is 0 Å². The number of carbonyl (C=O) groups is 5. The van der Waals surface area contributed by atoms with Gasteiger partial charge in [0.15, 0.2) is 5.78 Å². The van der Waals surface area contributed by atoms with Gasteiger partial charge in [0.05, 0.1) is 19.6 Å². The van der Waals surface area contributed by atoms with Gasteiger partial charge in [-0.1, -0.05) is 25.0 Å². The van der Waals surface area contributed by atoms with Gasteiger partial charge in [-0.25, -0.2) is 0 Å². The van der Waals surface area contributed by atoms with Gasteiger partial charge in [-0.05, 0) is 25.2 Å². The molecule has 9 nitrogen and oxygen atoms in total. The third kappa shape index (κ3) is 7.89. The van der Waals surface area contributed by atoms with E-state index in [-0.39, 0.29) is 50.1 Å². The number of fused-ring (bicyclic) bond motifs is 7. The number of Topliss-reactive ketones (excluding diaryl/α,β-unsaturated/α-hetero) is 1. The maximum atomic E-state index is 12.4. The molecule has 2 atom stereocenters. The van der Waals surface area contributed by atoms with Crippen LogP contribution in [-0.2, 0) is 24.0 Å². The average Bonchev–Trinajstić information content (AvgIpc) is 2.66. The largest absolute Gasteiger partial charge is 0.347 e. The van der Waals surface area contributed by atoms with Crippen LogP contribution in [0.1, 0.15) is 44.9 Å². The highest BCUT2D eigenvalue weighted by atomic mass is 16.2. The van der Waals surface area contributed by atoms with Crippen LogP contribution < -0.4 is 21.3 Å². The molecule has 4 amide bonds. The van der Waals surface area contributed by atoms with Crippen molar-refractivity contribution in [3.05, 3.63) is 12.2 Å². The normalized spacial score (nSPS) is 27.6. The summed E-state index contributed by atoms with van der Waals surface area (Å²) in [5.74, 6) is -2.25. The first-order chi connectivity index (χ1) is 13.4. The minimum absolute atomic E-state index is 0.0768. The second kappa shape index (κ2) is 11.2. The van der Waals surface area contributed by atoms with Crippen LogP contribution in [0.25, 0.3) is 0 Å². The molecule has 4 N–H and O–H groups in total. The van der Waals surface area contributed by atoms with Crippen molar-refractivity contribution >= 4 is 29.4 Å². The van der Waals surface area contributed by atoms with E-state index in [2.05, 4.69) is 21.3 Å². The minimum atomic E-state index is -0.778. The summed E-state index contributed by atoms with van der Waals surface area (Å²) >= 11 is 0. The Morgan fingerprint density at radius 2 is 1.50 bits per heavy atom. The van der Waals surface area contributed by atoms with Gasteiger partial charge >= 0.3 is 0 Å². The Morgan fingerprint density at radius 1 is 0.750 bits per heavy atom. The molecule has 9 heteroatoms.